The second-order valence-corrected chi connectivity index (χ2v) is 9.05. The number of hydrogen-bond donors (Lipinski definition) is 1. The van der Waals surface area contributed by atoms with E-state index in [4.69, 9.17) is 4.98 Å². The molecule has 1 amide bonds. The molecule has 2 heterocycles. The number of carbonyl (C=O) groups is 1. The molecule has 26 heavy (non-hydrogen) atoms. The molecule has 5 heteroatoms. The minimum atomic E-state index is -0.123. The molecule has 1 saturated heterocycles. The molecule has 140 valence electrons. The molecule has 3 atom stereocenters. The summed E-state index contributed by atoms with van der Waals surface area (Å²) in [6, 6.07) is 10.4. The highest BCUT2D eigenvalue weighted by Gasteiger charge is 2.29. The first-order valence-corrected chi connectivity index (χ1v) is 10.3. The third kappa shape index (κ3) is 4.70. The van der Waals surface area contributed by atoms with Gasteiger partial charge < -0.3 is 9.88 Å². The van der Waals surface area contributed by atoms with Gasteiger partial charge in [-0.2, -0.15) is 0 Å². The van der Waals surface area contributed by atoms with Crippen molar-refractivity contribution in [2.24, 2.45) is 11.8 Å². The van der Waals surface area contributed by atoms with Crippen LogP contribution in [0.15, 0.2) is 35.5 Å². The van der Waals surface area contributed by atoms with Crippen LogP contribution in [0, 0.1) is 18.8 Å². The lowest BCUT2D eigenvalue weighted by atomic mass is 9.92. The number of imidazole rings is 1. The number of benzene rings is 1. The van der Waals surface area contributed by atoms with Crippen LogP contribution in [-0.4, -0.2) is 39.1 Å². The normalized spacial score (nSPS) is 21.6. The van der Waals surface area contributed by atoms with E-state index >= 15 is 0 Å². The smallest absolute Gasteiger partial charge is 0.235 e. The Bertz CT molecular complexity index is 733. The van der Waals surface area contributed by atoms with Gasteiger partial charge in [0.25, 0.3) is 0 Å². The molecule has 3 rings (SSSR count). The van der Waals surface area contributed by atoms with Crippen molar-refractivity contribution in [1.29, 1.82) is 0 Å². The van der Waals surface area contributed by atoms with Gasteiger partial charge in [0, 0.05) is 25.2 Å². The van der Waals surface area contributed by atoms with Crippen molar-refractivity contribution in [3.8, 4) is 0 Å². The number of aromatic nitrogens is 2. The molecule has 1 N–H and O–H groups in total. The van der Waals surface area contributed by atoms with Crippen molar-refractivity contribution in [1.82, 2.24) is 14.9 Å². The zero-order valence-corrected chi connectivity index (χ0v) is 17.0. The Hall–Kier alpha value is -1.75. The maximum atomic E-state index is 12.8. The number of carbonyl (C=O) groups excluding carboxylic acids is 1. The van der Waals surface area contributed by atoms with E-state index in [0.29, 0.717) is 11.8 Å². The minimum absolute atomic E-state index is 0.123. The van der Waals surface area contributed by atoms with Crippen LogP contribution >= 0.6 is 11.8 Å². The highest BCUT2D eigenvalue weighted by atomic mass is 32.2. The van der Waals surface area contributed by atoms with Gasteiger partial charge in [-0.1, -0.05) is 55.9 Å². The summed E-state index contributed by atoms with van der Waals surface area (Å²) in [5.74, 6) is 1.40. The fourth-order valence-electron chi connectivity index (χ4n) is 3.80. The van der Waals surface area contributed by atoms with Gasteiger partial charge in [0.15, 0.2) is 5.16 Å². The summed E-state index contributed by atoms with van der Waals surface area (Å²) < 4.78 is 0. The molecular weight excluding hydrogens is 342 g/mol. The van der Waals surface area contributed by atoms with Gasteiger partial charge in [-0.05, 0) is 37.7 Å². The fraction of sp³-hybridized carbons (Fsp3) is 0.524. The summed E-state index contributed by atoms with van der Waals surface area (Å²) in [5, 5.41) is 0.718. The van der Waals surface area contributed by atoms with Crippen LogP contribution < -0.4 is 0 Å². The monoisotopic (exact) mass is 371 g/mol. The van der Waals surface area contributed by atoms with Crippen molar-refractivity contribution in [2.45, 2.75) is 50.9 Å². The average molecular weight is 372 g/mol. The maximum Gasteiger partial charge on any atom is 0.235 e. The highest BCUT2D eigenvalue weighted by molar-refractivity contribution is 8.00. The Labute approximate surface area is 160 Å². The number of aromatic amines is 1. The number of amides is 1. The third-order valence-corrected chi connectivity index (χ3v) is 5.97. The highest BCUT2D eigenvalue weighted by Crippen LogP contribution is 2.27. The third-order valence-electron chi connectivity index (χ3n) is 4.99. The zero-order chi connectivity index (χ0) is 18.7. The molecule has 0 aliphatic carbocycles. The Kier molecular flexibility index (Phi) is 6.07. The Morgan fingerprint density at radius 1 is 1.27 bits per heavy atom. The van der Waals surface area contributed by atoms with Crippen LogP contribution in [0.25, 0.3) is 0 Å². The van der Waals surface area contributed by atoms with Gasteiger partial charge in [0.05, 0.1) is 10.9 Å². The van der Waals surface area contributed by atoms with Crippen LogP contribution in [-0.2, 0) is 11.2 Å². The number of piperidine rings is 1. The quantitative estimate of drug-likeness (QED) is 0.798. The lowest BCUT2D eigenvalue weighted by molar-refractivity contribution is -0.132. The number of thioether (sulfide) groups is 1. The summed E-state index contributed by atoms with van der Waals surface area (Å²) in [6.45, 7) is 10.3. The van der Waals surface area contributed by atoms with Crippen molar-refractivity contribution in [3.63, 3.8) is 0 Å². The van der Waals surface area contributed by atoms with E-state index in [9.17, 15) is 4.79 Å². The summed E-state index contributed by atoms with van der Waals surface area (Å²) >= 11 is 1.54. The molecule has 3 unspecified atom stereocenters. The molecular formula is C21H29N3OS. The first-order valence-electron chi connectivity index (χ1n) is 9.47. The van der Waals surface area contributed by atoms with E-state index < -0.39 is 0 Å². The molecule has 0 saturated carbocycles. The largest absolute Gasteiger partial charge is 0.341 e. The first kappa shape index (κ1) is 19.0. The predicted molar refractivity (Wildman–Crippen MR) is 107 cm³/mol. The Morgan fingerprint density at radius 2 is 1.92 bits per heavy atom. The van der Waals surface area contributed by atoms with Gasteiger partial charge in [0.2, 0.25) is 5.91 Å². The summed E-state index contributed by atoms with van der Waals surface area (Å²) in [4.78, 5) is 23.0. The summed E-state index contributed by atoms with van der Waals surface area (Å²) in [5.41, 5.74) is 3.38. The van der Waals surface area contributed by atoms with E-state index in [0.717, 1.165) is 36.1 Å². The lowest BCUT2D eigenvalue weighted by Crippen LogP contribution is -2.45. The number of nitrogens with zero attached hydrogens (tertiary/aromatic N) is 2. The molecule has 1 fully saturated rings. The molecule has 0 spiro atoms. The van der Waals surface area contributed by atoms with E-state index in [1.807, 2.05) is 30.0 Å². The van der Waals surface area contributed by atoms with Crippen LogP contribution in [0.5, 0.6) is 0 Å². The van der Waals surface area contributed by atoms with Crippen molar-refractivity contribution < 1.29 is 4.79 Å². The maximum absolute atomic E-state index is 12.8. The van der Waals surface area contributed by atoms with Crippen molar-refractivity contribution in [3.05, 3.63) is 47.3 Å². The molecule has 0 radical (unpaired) electrons. The van der Waals surface area contributed by atoms with Crippen molar-refractivity contribution in [2.75, 3.05) is 13.1 Å². The fourth-order valence-corrected chi connectivity index (χ4v) is 4.76. The van der Waals surface area contributed by atoms with Gasteiger partial charge in [-0.15, -0.1) is 0 Å². The van der Waals surface area contributed by atoms with Gasteiger partial charge >= 0.3 is 0 Å². The molecule has 4 nitrogen and oxygen atoms in total. The number of rotatable bonds is 5. The van der Waals surface area contributed by atoms with E-state index in [1.54, 1.807) is 0 Å². The number of likely N-dealkylation sites (tertiary alicyclic amines) is 1. The molecule has 0 bridgehead atoms. The topological polar surface area (TPSA) is 49.0 Å². The number of H-pyrrole nitrogens is 1. The Balaban J connectivity index is 1.63. The second kappa shape index (κ2) is 8.30. The van der Waals surface area contributed by atoms with Gasteiger partial charge in [-0.25, -0.2) is 4.98 Å². The van der Waals surface area contributed by atoms with Crippen LogP contribution in [0.4, 0.5) is 0 Å². The molecule has 1 aromatic carbocycles. The van der Waals surface area contributed by atoms with Crippen molar-refractivity contribution >= 4 is 17.7 Å². The molecule has 1 aromatic heterocycles. The SMILES string of the molecule is Cc1[nH]c(SC(C)C(=O)N2CC(C)CC(C)C2)nc1Cc1ccccc1. The number of nitrogens with one attached hydrogen (secondary N) is 1. The zero-order valence-electron chi connectivity index (χ0n) is 16.2. The van der Waals surface area contributed by atoms with Gasteiger partial charge in [-0.3, -0.25) is 4.79 Å². The number of hydrogen-bond acceptors (Lipinski definition) is 3. The van der Waals surface area contributed by atoms with E-state index in [2.05, 4.69) is 37.9 Å². The molecule has 2 aromatic rings. The van der Waals surface area contributed by atoms with Crippen LogP contribution in [0.1, 0.15) is 44.1 Å². The summed E-state index contributed by atoms with van der Waals surface area (Å²) in [6.07, 6.45) is 2.03. The number of aryl methyl sites for hydroxylation is 1. The van der Waals surface area contributed by atoms with E-state index in [1.165, 1.54) is 23.7 Å². The molecule has 1 aliphatic rings. The predicted octanol–water partition coefficient (Wildman–Crippen LogP) is 4.29. The average Bonchev–Trinajstić information content (AvgIpc) is 2.93. The van der Waals surface area contributed by atoms with Crippen LogP contribution in [0.3, 0.4) is 0 Å². The first-order chi connectivity index (χ1) is 12.4. The molecule has 1 aliphatic heterocycles. The van der Waals surface area contributed by atoms with Gasteiger partial charge in [0.1, 0.15) is 0 Å². The second-order valence-electron chi connectivity index (χ2n) is 7.73. The standard InChI is InChI=1S/C21H29N3OS/c1-14-10-15(2)13-24(12-14)20(25)17(4)26-21-22-16(3)19(23-21)11-18-8-6-5-7-9-18/h5-9,14-15,17H,10-13H2,1-4H3,(H,22,23). The lowest BCUT2D eigenvalue weighted by Gasteiger charge is -2.36. The van der Waals surface area contributed by atoms with Crippen LogP contribution in [0.2, 0.25) is 0 Å². The van der Waals surface area contributed by atoms with E-state index in [-0.39, 0.29) is 11.2 Å². The Morgan fingerprint density at radius 3 is 2.58 bits per heavy atom. The summed E-state index contributed by atoms with van der Waals surface area (Å²) in [7, 11) is 0. The minimum Gasteiger partial charge on any atom is -0.341 e.